The van der Waals surface area contributed by atoms with Gasteiger partial charge in [-0.2, -0.15) is 0 Å². The molecule has 1 aromatic carbocycles. The summed E-state index contributed by atoms with van der Waals surface area (Å²) in [5.74, 6) is 0.742. The van der Waals surface area contributed by atoms with Gasteiger partial charge in [0.1, 0.15) is 12.2 Å². The van der Waals surface area contributed by atoms with E-state index in [0.717, 1.165) is 24.9 Å². The smallest absolute Gasteiger partial charge is 0.403 e. The molecule has 2 aliphatic carbocycles. The van der Waals surface area contributed by atoms with Crippen LogP contribution in [0.15, 0.2) is 24.3 Å². The summed E-state index contributed by atoms with van der Waals surface area (Å²) in [6, 6.07) is 4.24. The predicted molar refractivity (Wildman–Crippen MR) is 121 cm³/mol. The van der Waals surface area contributed by atoms with Crippen molar-refractivity contribution >= 4 is 23.0 Å². The van der Waals surface area contributed by atoms with E-state index in [1.807, 2.05) is 26.0 Å². The van der Waals surface area contributed by atoms with Crippen molar-refractivity contribution in [1.29, 1.82) is 0 Å². The van der Waals surface area contributed by atoms with Gasteiger partial charge in [0, 0.05) is 34.5 Å². The zero-order valence-electron chi connectivity index (χ0n) is 19.0. The first kappa shape index (κ1) is 23.9. The molecule has 0 saturated carbocycles. The van der Waals surface area contributed by atoms with E-state index in [1.54, 1.807) is 6.07 Å². The lowest BCUT2D eigenvalue weighted by molar-refractivity contribution is -0.139. The number of aliphatic carboxylic acids is 1. The molecule has 33 heavy (non-hydrogen) atoms. The lowest BCUT2D eigenvalue weighted by Gasteiger charge is -2.56. The molecule has 180 valence electrons. The largest absolute Gasteiger partial charge is 0.482 e. The lowest BCUT2D eigenvalue weighted by atomic mass is 9.53. The van der Waals surface area contributed by atoms with E-state index >= 15 is 0 Å². The van der Waals surface area contributed by atoms with E-state index in [9.17, 15) is 14.7 Å². The number of carboxylic acids is 1. The molecule has 1 fully saturated rings. The first-order valence-corrected chi connectivity index (χ1v) is 11.6. The maximum absolute atomic E-state index is 10.9. The second-order valence-electron chi connectivity index (χ2n) is 9.53. The van der Waals surface area contributed by atoms with Gasteiger partial charge in [-0.1, -0.05) is 32.1 Å². The second kappa shape index (κ2) is 9.16. The summed E-state index contributed by atoms with van der Waals surface area (Å²) in [6.45, 7) is 4.85. The third-order valence-electron chi connectivity index (χ3n) is 7.02. The molecule has 2 N–H and O–H groups in total. The fraction of sp³-hybridized carbons (Fsp3) is 0.583. The van der Waals surface area contributed by atoms with Crippen LogP contribution in [-0.2, 0) is 21.4 Å². The van der Waals surface area contributed by atoms with Gasteiger partial charge >= 0.3 is 11.4 Å². The van der Waals surface area contributed by atoms with Gasteiger partial charge < -0.3 is 29.3 Å². The van der Waals surface area contributed by atoms with Gasteiger partial charge in [0.05, 0.1) is 6.61 Å². The van der Waals surface area contributed by atoms with E-state index in [4.69, 9.17) is 26.2 Å². The average Bonchev–Trinajstić information content (AvgIpc) is 3.11. The highest BCUT2D eigenvalue weighted by atomic mass is 35.5. The number of hydrogen-bond donors (Lipinski definition) is 2. The highest BCUT2D eigenvalue weighted by Gasteiger charge is 2.64. The predicted octanol–water partition coefficient (Wildman–Crippen LogP) is 2.97. The van der Waals surface area contributed by atoms with Crippen LogP contribution in [0.4, 0.5) is 4.79 Å². The molecule has 2 bridgehead atoms. The zero-order chi connectivity index (χ0) is 23.9. The Balaban J connectivity index is 0.000000281. The molecule has 2 aliphatic heterocycles. The second-order valence-corrected chi connectivity index (χ2v) is 9.84. The van der Waals surface area contributed by atoms with Crippen LogP contribution < -0.4 is 9.47 Å². The minimum atomic E-state index is -1.02. The Kier molecular flexibility index (Phi) is 6.62. The summed E-state index contributed by atoms with van der Waals surface area (Å²) in [6.07, 6.45) is 4.87. The summed E-state index contributed by atoms with van der Waals surface area (Å²) >= 11 is 4.86. The molecule has 0 aromatic heterocycles. The number of benzene rings is 1. The normalized spacial score (nSPS) is 30.6. The summed E-state index contributed by atoms with van der Waals surface area (Å²) in [4.78, 5) is 23.2. The van der Waals surface area contributed by atoms with Crippen LogP contribution >= 0.6 is 11.6 Å². The number of likely N-dealkylation sites (tertiary alicyclic amines) is 1. The van der Waals surface area contributed by atoms with Crippen molar-refractivity contribution in [3.63, 3.8) is 0 Å². The van der Waals surface area contributed by atoms with Crippen LogP contribution in [0.1, 0.15) is 31.4 Å². The Morgan fingerprint density at radius 1 is 1.33 bits per heavy atom. The standard InChI is InChI=1S/C19H21NO5.C5H9ClO2/c1-20-7-6-19-11-3-4-13(21)18(19)25-17-14(24-9-15(22)23)5-2-10(16(17)19)8-12(11)20;1-4(2)3-8-5(6)7/h2-5,11-13,18,21H,6-9H2,1H3,(H,22,23);4H,3H2,1-2H3/t11-,12+,13-,18-,19-;/m0./s1. The number of piperidine rings is 1. The fourth-order valence-corrected chi connectivity index (χ4v) is 5.78. The third kappa shape index (κ3) is 4.20. The van der Waals surface area contributed by atoms with Crippen LogP contribution in [0.2, 0.25) is 0 Å². The van der Waals surface area contributed by atoms with Crippen LogP contribution in [-0.4, -0.2) is 71.6 Å². The molecule has 0 unspecified atom stereocenters. The molecule has 9 heteroatoms. The van der Waals surface area contributed by atoms with E-state index < -0.39 is 24.1 Å². The van der Waals surface area contributed by atoms with Crippen molar-refractivity contribution in [1.82, 2.24) is 4.90 Å². The van der Waals surface area contributed by atoms with Gasteiger partial charge in [-0.05, 0) is 44.0 Å². The summed E-state index contributed by atoms with van der Waals surface area (Å²) in [7, 11) is 2.16. The van der Waals surface area contributed by atoms with Gasteiger partial charge in [0.2, 0.25) is 0 Å². The summed E-state index contributed by atoms with van der Waals surface area (Å²) in [5.41, 5.74) is 1.41. The number of aliphatic hydroxyl groups is 1. The lowest BCUT2D eigenvalue weighted by Crippen LogP contribution is -2.64. The van der Waals surface area contributed by atoms with E-state index in [0.29, 0.717) is 36.0 Å². The van der Waals surface area contributed by atoms with E-state index in [2.05, 4.69) is 22.8 Å². The van der Waals surface area contributed by atoms with Crippen molar-refractivity contribution in [3.8, 4) is 11.5 Å². The van der Waals surface area contributed by atoms with Gasteiger partial charge in [0.15, 0.2) is 18.1 Å². The Hall–Kier alpha value is -2.29. The number of likely N-dealkylation sites (N-methyl/N-ethyl adjacent to an activating group) is 1. The quantitative estimate of drug-likeness (QED) is 0.490. The molecule has 1 aromatic rings. The van der Waals surface area contributed by atoms with Crippen LogP contribution in [0.25, 0.3) is 0 Å². The molecule has 0 amide bonds. The number of carboxylic acid groups (broad SMARTS) is 1. The Morgan fingerprint density at radius 2 is 2.09 bits per heavy atom. The van der Waals surface area contributed by atoms with Crippen molar-refractivity contribution in [2.24, 2.45) is 11.8 Å². The van der Waals surface area contributed by atoms with E-state index in [1.165, 1.54) is 5.56 Å². The zero-order valence-corrected chi connectivity index (χ0v) is 19.7. The monoisotopic (exact) mass is 479 g/mol. The highest BCUT2D eigenvalue weighted by molar-refractivity contribution is 6.61. The molecule has 5 atom stereocenters. The maximum atomic E-state index is 10.9. The fourth-order valence-electron chi connectivity index (χ4n) is 5.71. The van der Waals surface area contributed by atoms with Crippen LogP contribution in [0.5, 0.6) is 11.5 Å². The SMILES string of the molecule is CC(C)COC(=O)Cl.CN1CC[C@]23c4c5ccc(OCC(=O)O)c4O[C@H]2[C@@H](O)C=C[C@H]3[C@H]1C5. The molecule has 1 spiro atoms. The third-order valence-corrected chi connectivity index (χ3v) is 7.12. The highest BCUT2D eigenvalue weighted by Crippen LogP contribution is 2.62. The van der Waals surface area contributed by atoms with Crippen molar-refractivity contribution in [2.45, 2.75) is 50.4 Å². The van der Waals surface area contributed by atoms with Gasteiger partial charge in [-0.15, -0.1) is 0 Å². The molecule has 5 rings (SSSR count). The minimum Gasteiger partial charge on any atom is -0.482 e. The number of aliphatic hydroxyl groups excluding tert-OH is 1. The maximum Gasteiger partial charge on any atom is 0.403 e. The Bertz CT molecular complexity index is 964. The molecule has 8 nitrogen and oxygen atoms in total. The van der Waals surface area contributed by atoms with Gasteiger partial charge in [-0.3, -0.25) is 0 Å². The van der Waals surface area contributed by atoms with E-state index in [-0.39, 0.29) is 11.5 Å². The van der Waals surface area contributed by atoms with Crippen molar-refractivity contribution < 1.29 is 34.0 Å². The summed E-state index contributed by atoms with van der Waals surface area (Å²) < 4.78 is 16.2. The van der Waals surface area contributed by atoms with Gasteiger partial charge in [-0.25, -0.2) is 9.59 Å². The molecule has 4 aliphatic rings. The van der Waals surface area contributed by atoms with Crippen LogP contribution in [0.3, 0.4) is 0 Å². The minimum absolute atomic E-state index is 0.239. The summed E-state index contributed by atoms with van der Waals surface area (Å²) in [5, 5.41) is 19.5. The number of carbonyl (C=O) groups is 2. The number of nitrogens with zero attached hydrogens (tertiary/aromatic N) is 1. The first-order valence-electron chi connectivity index (χ1n) is 11.2. The number of rotatable bonds is 5. The molecule has 1 saturated heterocycles. The average molecular weight is 480 g/mol. The number of halogens is 1. The van der Waals surface area contributed by atoms with Crippen molar-refractivity contribution in [3.05, 3.63) is 35.4 Å². The van der Waals surface area contributed by atoms with Crippen molar-refractivity contribution in [2.75, 3.05) is 26.8 Å². The number of hydrogen-bond acceptors (Lipinski definition) is 7. The Morgan fingerprint density at radius 3 is 2.73 bits per heavy atom. The molecule has 0 radical (unpaired) electrons. The number of ether oxygens (including phenoxy) is 3. The number of carbonyl (C=O) groups excluding carboxylic acids is 1. The Labute approximate surface area is 198 Å². The first-order chi connectivity index (χ1) is 15.6. The molecular formula is C24H30ClNO7. The molecular weight excluding hydrogens is 450 g/mol. The van der Waals surface area contributed by atoms with Crippen LogP contribution in [0, 0.1) is 11.8 Å². The topological polar surface area (TPSA) is 106 Å². The van der Waals surface area contributed by atoms with Gasteiger partial charge in [0.25, 0.3) is 0 Å². The molecule has 2 heterocycles.